The Labute approximate surface area is 129 Å². The highest BCUT2D eigenvalue weighted by molar-refractivity contribution is 5.88. The Kier molecular flexibility index (Phi) is 4.41. The molecule has 0 aliphatic heterocycles. The number of hydrogen-bond donors (Lipinski definition) is 1. The number of para-hydroxylation sites is 1. The lowest BCUT2D eigenvalue weighted by Crippen LogP contribution is -1.93. The van der Waals surface area contributed by atoms with Gasteiger partial charge in [-0.05, 0) is 12.1 Å². The Morgan fingerprint density at radius 3 is 2.36 bits per heavy atom. The lowest BCUT2D eigenvalue weighted by atomic mass is 10.1. The van der Waals surface area contributed by atoms with Crippen LogP contribution in [0.25, 0.3) is 16.9 Å². The van der Waals surface area contributed by atoms with E-state index in [9.17, 15) is 0 Å². The van der Waals surface area contributed by atoms with Crippen LogP contribution in [0, 0.1) is 0 Å². The van der Waals surface area contributed by atoms with E-state index in [-0.39, 0.29) is 6.61 Å². The first-order chi connectivity index (χ1) is 10.9. The maximum absolute atomic E-state index is 8.88. The minimum absolute atomic E-state index is 0.0456. The summed E-state index contributed by atoms with van der Waals surface area (Å²) in [6.45, 7) is 0.439. The molecule has 2 aromatic carbocycles. The summed E-state index contributed by atoms with van der Waals surface area (Å²) < 4.78 is 1.85. The van der Waals surface area contributed by atoms with Gasteiger partial charge in [-0.15, -0.1) is 0 Å². The largest absolute Gasteiger partial charge is 0.394 e. The lowest BCUT2D eigenvalue weighted by Gasteiger charge is -2.00. The molecule has 4 heteroatoms. The van der Waals surface area contributed by atoms with Gasteiger partial charge in [0.1, 0.15) is 5.69 Å². The fraction of sp³-hybridized carbons (Fsp3) is 0.111. The number of benzene rings is 2. The van der Waals surface area contributed by atoms with Crippen molar-refractivity contribution in [2.24, 2.45) is 4.99 Å². The third kappa shape index (κ3) is 3.13. The topological polar surface area (TPSA) is 50.4 Å². The molecule has 0 saturated carbocycles. The van der Waals surface area contributed by atoms with Crippen molar-refractivity contribution in [2.75, 3.05) is 13.2 Å². The van der Waals surface area contributed by atoms with Crippen LogP contribution in [0.3, 0.4) is 0 Å². The predicted octanol–water partition coefficient (Wildman–Crippen LogP) is 2.95. The first-order valence-corrected chi connectivity index (χ1v) is 7.19. The van der Waals surface area contributed by atoms with Gasteiger partial charge in [0.15, 0.2) is 0 Å². The number of rotatable bonds is 5. The van der Waals surface area contributed by atoms with E-state index in [1.165, 1.54) is 0 Å². The second kappa shape index (κ2) is 6.83. The van der Waals surface area contributed by atoms with E-state index in [2.05, 4.69) is 4.99 Å². The zero-order valence-corrected chi connectivity index (χ0v) is 12.1. The Bertz CT molecular complexity index is 749. The number of aromatic nitrogens is 2. The van der Waals surface area contributed by atoms with Gasteiger partial charge in [0, 0.05) is 23.5 Å². The molecule has 22 heavy (non-hydrogen) atoms. The van der Waals surface area contributed by atoms with Crippen LogP contribution < -0.4 is 0 Å². The van der Waals surface area contributed by atoms with E-state index in [1.807, 2.05) is 71.5 Å². The molecule has 4 nitrogen and oxygen atoms in total. The van der Waals surface area contributed by atoms with Gasteiger partial charge >= 0.3 is 0 Å². The minimum atomic E-state index is 0.0456. The molecular formula is C18H17N3O. The average molecular weight is 291 g/mol. The average Bonchev–Trinajstić information content (AvgIpc) is 3.01. The van der Waals surface area contributed by atoms with Gasteiger partial charge in [-0.1, -0.05) is 48.5 Å². The van der Waals surface area contributed by atoms with E-state index in [0.29, 0.717) is 6.54 Å². The number of aliphatic hydroxyl groups excluding tert-OH is 1. The summed E-state index contributed by atoms with van der Waals surface area (Å²) in [4.78, 5) is 4.22. The number of aliphatic imine (C=N–C) groups is 1. The van der Waals surface area contributed by atoms with E-state index >= 15 is 0 Å². The van der Waals surface area contributed by atoms with Gasteiger partial charge in [-0.3, -0.25) is 4.99 Å². The van der Waals surface area contributed by atoms with Gasteiger partial charge in [0.25, 0.3) is 0 Å². The summed E-state index contributed by atoms with van der Waals surface area (Å²) in [6.07, 6.45) is 3.73. The quantitative estimate of drug-likeness (QED) is 0.735. The Balaban J connectivity index is 2.05. The van der Waals surface area contributed by atoms with Gasteiger partial charge in [0.2, 0.25) is 0 Å². The van der Waals surface area contributed by atoms with Crippen molar-refractivity contribution in [3.63, 3.8) is 0 Å². The van der Waals surface area contributed by atoms with Crippen LogP contribution in [0.2, 0.25) is 0 Å². The SMILES string of the molecule is OCC/N=C/c1cn(-c2ccccc2)nc1-c1ccccc1. The first-order valence-electron chi connectivity index (χ1n) is 7.19. The molecule has 0 saturated heterocycles. The molecule has 0 bridgehead atoms. The maximum atomic E-state index is 8.88. The lowest BCUT2D eigenvalue weighted by molar-refractivity contribution is 0.307. The second-order valence-corrected chi connectivity index (χ2v) is 4.84. The normalized spacial score (nSPS) is 11.1. The summed E-state index contributed by atoms with van der Waals surface area (Å²) in [5.41, 5.74) is 3.86. The second-order valence-electron chi connectivity index (χ2n) is 4.84. The van der Waals surface area contributed by atoms with Gasteiger partial charge in [-0.25, -0.2) is 4.68 Å². The maximum Gasteiger partial charge on any atom is 0.101 e. The van der Waals surface area contributed by atoms with Crippen LogP contribution in [0.5, 0.6) is 0 Å². The zero-order valence-electron chi connectivity index (χ0n) is 12.1. The summed E-state index contributed by atoms with van der Waals surface area (Å²) in [5, 5.41) is 13.6. The van der Waals surface area contributed by atoms with Gasteiger partial charge in [0.05, 0.1) is 18.8 Å². The number of nitrogens with zero attached hydrogens (tertiary/aromatic N) is 3. The first kappa shape index (κ1) is 14.2. The molecule has 0 fully saturated rings. The van der Waals surface area contributed by atoms with Crippen molar-refractivity contribution in [1.29, 1.82) is 0 Å². The third-order valence-corrected chi connectivity index (χ3v) is 3.27. The fourth-order valence-corrected chi connectivity index (χ4v) is 2.24. The zero-order chi connectivity index (χ0) is 15.2. The van der Waals surface area contributed by atoms with Crippen molar-refractivity contribution >= 4 is 6.21 Å². The van der Waals surface area contributed by atoms with Crippen LogP contribution in [0.4, 0.5) is 0 Å². The summed E-state index contributed by atoms with van der Waals surface area (Å²) in [6, 6.07) is 20.0. The smallest absolute Gasteiger partial charge is 0.101 e. The molecule has 0 atom stereocenters. The molecule has 0 aliphatic rings. The predicted molar refractivity (Wildman–Crippen MR) is 88.5 cm³/mol. The van der Waals surface area contributed by atoms with Crippen molar-refractivity contribution < 1.29 is 5.11 Å². The van der Waals surface area contributed by atoms with Crippen LogP contribution in [-0.2, 0) is 0 Å². The summed E-state index contributed by atoms with van der Waals surface area (Å²) in [7, 11) is 0. The highest BCUT2D eigenvalue weighted by atomic mass is 16.3. The van der Waals surface area contributed by atoms with Crippen molar-refractivity contribution in [2.45, 2.75) is 0 Å². The van der Waals surface area contributed by atoms with E-state index in [1.54, 1.807) is 6.21 Å². The number of hydrogen-bond acceptors (Lipinski definition) is 3. The van der Waals surface area contributed by atoms with Crippen LogP contribution in [0.15, 0.2) is 71.9 Å². The Morgan fingerprint density at radius 2 is 1.68 bits per heavy atom. The molecule has 0 aliphatic carbocycles. The molecular weight excluding hydrogens is 274 g/mol. The Morgan fingerprint density at radius 1 is 1.00 bits per heavy atom. The molecule has 110 valence electrons. The van der Waals surface area contributed by atoms with Crippen LogP contribution in [0.1, 0.15) is 5.56 Å². The summed E-state index contributed by atoms with van der Waals surface area (Å²) in [5.74, 6) is 0. The van der Waals surface area contributed by atoms with E-state index in [4.69, 9.17) is 10.2 Å². The van der Waals surface area contributed by atoms with Crippen LogP contribution in [-0.4, -0.2) is 34.3 Å². The Hall–Kier alpha value is -2.72. The third-order valence-electron chi connectivity index (χ3n) is 3.27. The van der Waals surface area contributed by atoms with Gasteiger partial charge in [-0.2, -0.15) is 5.10 Å². The monoisotopic (exact) mass is 291 g/mol. The standard InChI is InChI=1S/C18H17N3O/c22-12-11-19-13-16-14-21(17-9-5-2-6-10-17)20-18(16)15-7-3-1-4-8-15/h1-10,13-14,22H,11-12H2/b19-13+. The van der Waals surface area contributed by atoms with E-state index in [0.717, 1.165) is 22.5 Å². The van der Waals surface area contributed by atoms with Crippen molar-refractivity contribution in [3.8, 4) is 16.9 Å². The molecule has 1 N–H and O–H groups in total. The molecule has 0 unspecified atom stereocenters. The molecule has 0 radical (unpaired) electrons. The highest BCUT2D eigenvalue weighted by Gasteiger charge is 2.10. The minimum Gasteiger partial charge on any atom is -0.394 e. The molecule has 1 heterocycles. The molecule has 0 amide bonds. The fourth-order valence-electron chi connectivity index (χ4n) is 2.24. The molecule has 3 rings (SSSR count). The summed E-state index contributed by atoms with van der Waals surface area (Å²) >= 11 is 0. The molecule has 0 spiro atoms. The van der Waals surface area contributed by atoms with Crippen molar-refractivity contribution in [1.82, 2.24) is 9.78 Å². The highest BCUT2D eigenvalue weighted by Crippen LogP contribution is 2.22. The van der Waals surface area contributed by atoms with Crippen LogP contribution >= 0.6 is 0 Å². The van der Waals surface area contributed by atoms with Crippen molar-refractivity contribution in [3.05, 3.63) is 72.4 Å². The number of aliphatic hydroxyl groups is 1. The van der Waals surface area contributed by atoms with Gasteiger partial charge < -0.3 is 5.11 Å². The van der Waals surface area contributed by atoms with E-state index < -0.39 is 0 Å². The molecule has 1 aromatic heterocycles. The molecule has 3 aromatic rings.